The van der Waals surface area contributed by atoms with Gasteiger partial charge in [0.1, 0.15) is 12.6 Å². The summed E-state index contributed by atoms with van der Waals surface area (Å²) in [5, 5.41) is 10.1. The van der Waals surface area contributed by atoms with E-state index in [0.29, 0.717) is 0 Å². The number of nitrogens with zero attached hydrogens (tertiary/aromatic N) is 1. The Balaban J connectivity index is 0. The van der Waals surface area contributed by atoms with Crippen LogP contribution in [0.3, 0.4) is 0 Å². The second-order valence-electron chi connectivity index (χ2n) is 15.3. The molecule has 7 heteroatoms. The second-order valence-corrected chi connectivity index (χ2v) is 16.4. The molecule has 6 nitrogen and oxygen atoms in total. The Hall–Kier alpha value is -0.210. The Morgan fingerprint density at radius 1 is 0.500 bits per heavy atom. The van der Waals surface area contributed by atoms with Gasteiger partial charge in [-0.05, 0) is 32.6 Å². The van der Waals surface area contributed by atoms with Gasteiger partial charge in [-0.15, -0.1) is 0 Å². The molecular weight excluding hydrogens is 619 g/mol. The number of aliphatic hydroxyl groups is 1. The minimum absolute atomic E-state index is 0.183. The zero-order valence-electron chi connectivity index (χ0n) is 33.3. The average molecular weight is 706 g/mol. The lowest BCUT2D eigenvalue weighted by molar-refractivity contribution is -0.912. The van der Waals surface area contributed by atoms with E-state index in [-0.39, 0.29) is 6.10 Å². The maximum atomic E-state index is 10.1. The Morgan fingerprint density at radius 2 is 0.688 bits per heavy atom. The largest absolute Gasteiger partial charge is 0.726 e. The third-order valence-corrected chi connectivity index (χ3v) is 10.4. The molecule has 1 unspecified atom stereocenters. The van der Waals surface area contributed by atoms with Crippen LogP contribution < -0.4 is 0 Å². The van der Waals surface area contributed by atoms with Gasteiger partial charge in [0.2, 0.25) is 10.4 Å². The SMILES string of the molecule is CCCCCCCCCCCCCCCCCC[N+](C)(CCCCCCCCCCCCCCCCCC)CC(C)O.COS(=O)(=O)[O-]. The lowest BCUT2D eigenvalue weighted by Gasteiger charge is -2.36. The molecule has 0 saturated heterocycles. The molecule has 1 atom stereocenters. The van der Waals surface area contributed by atoms with Gasteiger partial charge < -0.3 is 14.1 Å². The van der Waals surface area contributed by atoms with E-state index >= 15 is 0 Å². The van der Waals surface area contributed by atoms with Crippen molar-refractivity contribution in [1.82, 2.24) is 0 Å². The number of rotatable bonds is 37. The molecule has 0 rings (SSSR count). The van der Waals surface area contributed by atoms with E-state index in [1.807, 2.05) is 6.92 Å². The quantitative estimate of drug-likeness (QED) is 0.0301. The van der Waals surface area contributed by atoms with Crippen LogP contribution in [-0.4, -0.2) is 62.5 Å². The molecule has 48 heavy (non-hydrogen) atoms. The topological polar surface area (TPSA) is 86.7 Å². The van der Waals surface area contributed by atoms with Gasteiger partial charge in [0, 0.05) is 0 Å². The Morgan fingerprint density at radius 3 is 0.854 bits per heavy atom. The first-order valence-electron chi connectivity index (χ1n) is 21.1. The standard InChI is InChI=1S/C40H84NO.CH4O4S/c1-5-7-9-11-13-15-17-19-21-23-25-27-29-31-33-35-37-41(4,39-40(3)42)38-36-34-32-30-28-26-24-22-20-18-16-14-12-10-8-6-2;1-5-6(2,3)4/h40,42H,5-39H2,1-4H3;1H3,(H,2,3,4)/q+1;/p-1. The van der Waals surface area contributed by atoms with E-state index in [0.717, 1.165) is 18.1 Å². The highest BCUT2D eigenvalue weighted by Crippen LogP contribution is 2.17. The van der Waals surface area contributed by atoms with Crippen molar-refractivity contribution in [2.45, 2.75) is 232 Å². The van der Waals surface area contributed by atoms with Crippen LogP contribution in [0.4, 0.5) is 0 Å². The monoisotopic (exact) mass is 706 g/mol. The molecular formula is C41H87NO5S. The summed E-state index contributed by atoms with van der Waals surface area (Å²) < 4.78 is 32.1. The number of likely N-dealkylation sites (N-methyl/N-ethyl adjacent to an activating group) is 1. The lowest BCUT2D eigenvalue weighted by atomic mass is 10.0. The molecule has 0 radical (unpaired) electrons. The molecule has 0 amide bonds. The van der Waals surface area contributed by atoms with Gasteiger partial charge in [-0.25, -0.2) is 8.42 Å². The van der Waals surface area contributed by atoms with Gasteiger partial charge in [0.15, 0.2) is 0 Å². The van der Waals surface area contributed by atoms with Crippen LogP contribution in [-0.2, 0) is 14.6 Å². The fraction of sp³-hybridized carbons (Fsp3) is 1.00. The zero-order valence-corrected chi connectivity index (χ0v) is 34.1. The average Bonchev–Trinajstić information content (AvgIpc) is 3.04. The molecule has 0 heterocycles. The minimum atomic E-state index is -4.41. The molecule has 0 aromatic heterocycles. The number of hydrogen-bond donors (Lipinski definition) is 1. The van der Waals surface area contributed by atoms with Crippen molar-refractivity contribution in [3.63, 3.8) is 0 Å². The van der Waals surface area contributed by atoms with Gasteiger partial charge in [-0.3, -0.25) is 4.18 Å². The third-order valence-electron chi connectivity index (χ3n) is 10.0. The van der Waals surface area contributed by atoms with Gasteiger partial charge in [0.05, 0.1) is 27.2 Å². The zero-order chi connectivity index (χ0) is 36.0. The third kappa shape index (κ3) is 43.8. The molecule has 0 spiro atoms. The van der Waals surface area contributed by atoms with Crippen LogP contribution in [0.15, 0.2) is 0 Å². The van der Waals surface area contributed by atoms with Crippen LogP contribution in [0.1, 0.15) is 226 Å². The molecule has 0 fully saturated rings. The smallest absolute Gasteiger partial charge is 0.217 e. The molecule has 0 aliphatic carbocycles. The van der Waals surface area contributed by atoms with E-state index < -0.39 is 10.4 Å². The second kappa shape index (κ2) is 38.0. The summed E-state index contributed by atoms with van der Waals surface area (Å²) in [6.45, 7) is 10.0. The summed E-state index contributed by atoms with van der Waals surface area (Å²) in [5.41, 5.74) is 0. The lowest BCUT2D eigenvalue weighted by Crippen LogP contribution is -2.49. The Labute approximate surface area is 302 Å². The highest BCUT2D eigenvalue weighted by molar-refractivity contribution is 7.80. The Kier molecular flexibility index (Phi) is 39.5. The van der Waals surface area contributed by atoms with Crippen molar-refractivity contribution in [1.29, 1.82) is 0 Å². The van der Waals surface area contributed by atoms with Gasteiger partial charge in [0.25, 0.3) is 0 Å². The summed E-state index contributed by atoms with van der Waals surface area (Å²) in [6.07, 6.45) is 45.7. The van der Waals surface area contributed by atoms with Crippen molar-refractivity contribution in [3.8, 4) is 0 Å². The molecule has 292 valence electrons. The van der Waals surface area contributed by atoms with Gasteiger partial charge >= 0.3 is 0 Å². The molecule has 1 N–H and O–H groups in total. The van der Waals surface area contributed by atoms with Gasteiger partial charge in [-0.1, -0.05) is 194 Å². The van der Waals surface area contributed by atoms with E-state index in [9.17, 15) is 18.1 Å². The molecule has 0 saturated carbocycles. The maximum absolute atomic E-state index is 10.1. The van der Waals surface area contributed by atoms with Crippen LogP contribution in [0.5, 0.6) is 0 Å². The number of hydrogen-bond acceptors (Lipinski definition) is 5. The predicted octanol–water partition coefficient (Wildman–Crippen LogP) is 12.4. The van der Waals surface area contributed by atoms with Crippen molar-refractivity contribution in [2.24, 2.45) is 0 Å². The number of quaternary nitrogens is 1. The van der Waals surface area contributed by atoms with E-state index in [4.69, 9.17) is 0 Å². The molecule has 0 aromatic carbocycles. The maximum Gasteiger partial charge on any atom is 0.217 e. The molecule has 0 aliphatic rings. The Bertz CT molecular complexity index is 680. The molecule has 0 aliphatic heterocycles. The van der Waals surface area contributed by atoms with Crippen LogP contribution in [0, 0.1) is 0 Å². The summed E-state index contributed by atoms with van der Waals surface area (Å²) in [4.78, 5) is 0. The highest BCUT2D eigenvalue weighted by Gasteiger charge is 2.22. The minimum Gasteiger partial charge on any atom is -0.726 e. The summed E-state index contributed by atoms with van der Waals surface area (Å²) in [5.74, 6) is 0. The van der Waals surface area contributed by atoms with Crippen LogP contribution >= 0.6 is 0 Å². The van der Waals surface area contributed by atoms with Crippen molar-refractivity contribution >= 4 is 10.4 Å². The number of aliphatic hydroxyl groups excluding tert-OH is 1. The van der Waals surface area contributed by atoms with E-state index in [1.54, 1.807) is 0 Å². The summed E-state index contributed by atoms with van der Waals surface area (Å²) in [7, 11) is -1.20. The first-order valence-corrected chi connectivity index (χ1v) is 22.5. The highest BCUT2D eigenvalue weighted by atomic mass is 32.3. The van der Waals surface area contributed by atoms with E-state index in [2.05, 4.69) is 25.1 Å². The molecule has 0 aromatic rings. The summed E-state index contributed by atoms with van der Waals surface area (Å²) >= 11 is 0. The van der Waals surface area contributed by atoms with Gasteiger partial charge in [-0.2, -0.15) is 0 Å². The fourth-order valence-corrected chi connectivity index (χ4v) is 7.02. The molecule has 0 bridgehead atoms. The summed E-state index contributed by atoms with van der Waals surface area (Å²) in [6, 6.07) is 0. The first-order chi connectivity index (χ1) is 23.1. The van der Waals surface area contributed by atoms with Crippen molar-refractivity contribution in [3.05, 3.63) is 0 Å². The van der Waals surface area contributed by atoms with Crippen molar-refractivity contribution in [2.75, 3.05) is 33.8 Å². The predicted molar refractivity (Wildman–Crippen MR) is 208 cm³/mol. The van der Waals surface area contributed by atoms with E-state index in [1.165, 1.54) is 219 Å². The van der Waals surface area contributed by atoms with Crippen molar-refractivity contribution < 1.29 is 26.7 Å². The van der Waals surface area contributed by atoms with Crippen LogP contribution in [0.25, 0.3) is 0 Å². The normalized spacial score (nSPS) is 12.6. The fourth-order valence-electron chi connectivity index (χ4n) is 7.02. The first kappa shape index (κ1) is 49.9. The van der Waals surface area contributed by atoms with Crippen LogP contribution in [0.2, 0.25) is 0 Å². The number of unbranched alkanes of at least 4 members (excludes halogenated alkanes) is 30.